The van der Waals surface area contributed by atoms with E-state index in [1.165, 1.54) is 40.4 Å². The lowest BCUT2D eigenvalue weighted by atomic mass is 10.2. The topological polar surface area (TPSA) is 84.0 Å². The first-order chi connectivity index (χ1) is 16.8. The number of benzene rings is 3. The molecule has 0 spiro atoms. The summed E-state index contributed by atoms with van der Waals surface area (Å²) in [6.07, 6.45) is 2.45. The number of hydrogen-bond donors (Lipinski definition) is 0. The monoisotopic (exact) mass is 490 g/mol. The van der Waals surface area contributed by atoms with Gasteiger partial charge in [-0.1, -0.05) is 48.5 Å². The number of carbonyl (C=O) groups excluding carboxylic acids is 2. The zero-order valence-electron chi connectivity index (χ0n) is 19.5. The molecule has 0 saturated heterocycles. The van der Waals surface area contributed by atoms with Crippen LogP contribution in [0.25, 0.3) is 6.08 Å². The average molecular weight is 491 g/mol. The summed E-state index contributed by atoms with van der Waals surface area (Å²) < 4.78 is 32.9. The molecule has 0 N–H and O–H groups in total. The van der Waals surface area contributed by atoms with Crippen molar-refractivity contribution in [2.24, 2.45) is 0 Å². The molecule has 1 amide bonds. The van der Waals surface area contributed by atoms with Crippen molar-refractivity contribution in [3.8, 4) is 0 Å². The molecule has 4 rings (SSSR count). The largest absolute Gasteiger partial charge is 0.449 e. The molecule has 0 aliphatic carbocycles. The summed E-state index contributed by atoms with van der Waals surface area (Å²) in [7, 11) is -2.06. The van der Waals surface area contributed by atoms with Gasteiger partial charge >= 0.3 is 5.97 Å². The van der Waals surface area contributed by atoms with Crippen LogP contribution >= 0.6 is 0 Å². The first-order valence-corrected chi connectivity index (χ1v) is 12.6. The van der Waals surface area contributed by atoms with Crippen molar-refractivity contribution in [2.75, 3.05) is 22.8 Å². The fourth-order valence-electron chi connectivity index (χ4n) is 3.92. The van der Waals surface area contributed by atoms with Gasteiger partial charge < -0.3 is 9.64 Å². The Morgan fingerprint density at radius 1 is 0.971 bits per heavy atom. The molecule has 8 heteroatoms. The van der Waals surface area contributed by atoms with E-state index in [-0.39, 0.29) is 10.8 Å². The van der Waals surface area contributed by atoms with Crippen molar-refractivity contribution in [2.45, 2.75) is 24.3 Å². The van der Waals surface area contributed by atoms with Crippen molar-refractivity contribution >= 4 is 39.4 Å². The lowest BCUT2D eigenvalue weighted by Crippen LogP contribution is -2.37. The van der Waals surface area contributed by atoms with Crippen LogP contribution in [0, 0.1) is 0 Å². The zero-order valence-corrected chi connectivity index (χ0v) is 20.3. The highest BCUT2D eigenvalue weighted by Crippen LogP contribution is 2.32. The summed E-state index contributed by atoms with van der Waals surface area (Å²) in [6, 6.07) is 22.8. The highest BCUT2D eigenvalue weighted by atomic mass is 32.2. The van der Waals surface area contributed by atoms with Crippen LogP contribution in [-0.4, -0.2) is 40.0 Å². The minimum Gasteiger partial charge on any atom is -0.449 e. The first kappa shape index (κ1) is 24.2. The second-order valence-corrected chi connectivity index (χ2v) is 10.0. The number of fused-ring (bicyclic) bond motifs is 1. The van der Waals surface area contributed by atoms with Crippen LogP contribution in [0.15, 0.2) is 89.8 Å². The van der Waals surface area contributed by atoms with Gasteiger partial charge in [0.25, 0.3) is 15.9 Å². The molecule has 0 aromatic heterocycles. The van der Waals surface area contributed by atoms with E-state index >= 15 is 0 Å². The number of ether oxygens (including phenoxy) is 1. The van der Waals surface area contributed by atoms with Crippen LogP contribution in [0.2, 0.25) is 0 Å². The summed E-state index contributed by atoms with van der Waals surface area (Å²) in [5.74, 6) is -1.02. The molecule has 0 unspecified atom stereocenters. The molecule has 0 fully saturated rings. The normalized spacial score (nSPS) is 13.9. The van der Waals surface area contributed by atoms with Crippen molar-refractivity contribution in [1.29, 1.82) is 0 Å². The van der Waals surface area contributed by atoms with E-state index in [1.54, 1.807) is 31.3 Å². The third-order valence-electron chi connectivity index (χ3n) is 5.84. The maximum absolute atomic E-state index is 13.1. The van der Waals surface area contributed by atoms with Gasteiger partial charge in [-0.05, 0) is 60.9 Å². The number of nitrogens with zero attached hydrogens (tertiary/aromatic N) is 2. The number of para-hydroxylation sites is 2. The van der Waals surface area contributed by atoms with Crippen LogP contribution in [0.5, 0.6) is 0 Å². The molecule has 1 aliphatic heterocycles. The van der Waals surface area contributed by atoms with Crippen LogP contribution in [-0.2, 0) is 30.8 Å². The van der Waals surface area contributed by atoms with E-state index in [4.69, 9.17) is 4.74 Å². The SMILES string of the molecule is C[C@H](OC(=O)/C=C/c1ccc(S(=O)(=O)N2CCc3ccccc32)cc1)C(=O)N(C)c1ccccc1. The van der Waals surface area contributed by atoms with Crippen molar-refractivity contribution in [1.82, 2.24) is 0 Å². The summed E-state index contributed by atoms with van der Waals surface area (Å²) in [4.78, 5) is 26.4. The summed E-state index contributed by atoms with van der Waals surface area (Å²) in [5, 5.41) is 0. The van der Waals surface area contributed by atoms with E-state index in [0.717, 1.165) is 5.56 Å². The fourth-order valence-corrected chi connectivity index (χ4v) is 5.42. The second-order valence-electron chi connectivity index (χ2n) is 8.17. The van der Waals surface area contributed by atoms with Crippen LogP contribution < -0.4 is 9.21 Å². The number of rotatable bonds is 7. The molecule has 0 bridgehead atoms. The highest BCUT2D eigenvalue weighted by Gasteiger charge is 2.30. The van der Waals surface area contributed by atoms with E-state index in [0.29, 0.717) is 29.9 Å². The van der Waals surface area contributed by atoms with Crippen molar-refractivity contribution < 1.29 is 22.7 Å². The van der Waals surface area contributed by atoms with Gasteiger partial charge in [0.2, 0.25) is 0 Å². The molecule has 180 valence electrons. The third kappa shape index (κ3) is 5.27. The Hall–Kier alpha value is -3.91. The number of hydrogen-bond acceptors (Lipinski definition) is 5. The molecule has 1 aliphatic rings. The van der Waals surface area contributed by atoms with Gasteiger partial charge in [0.15, 0.2) is 6.10 Å². The van der Waals surface area contributed by atoms with Crippen molar-refractivity contribution in [3.05, 3.63) is 96.1 Å². The summed E-state index contributed by atoms with van der Waals surface area (Å²) in [5.41, 5.74) is 3.05. The highest BCUT2D eigenvalue weighted by molar-refractivity contribution is 7.92. The standard InChI is InChI=1S/C27H26N2O5S/c1-20(27(31)28(2)23-9-4-3-5-10-23)34-26(30)17-14-21-12-15-24(16-13-21)35(32,33)29-19-18-22-8-6-7-11-25(22)29/h3-17,20H,18-19H2,1-2H3/b17-14+/t20-/m0/s1. The maximum Gasteiger partial charge on any atom is 0.331 e. The Bertz CT molecular complexity index is 1350. The number of amides is 1. The van der Waals surface area contributed by atoms with E-state index < -0.39 is 22.1 Å². The lowest BCUT2D eigenvalue weighted by Gasteiger charge is -2.21. The average Bonchev–Trinajstić information content (AvgIpc) is 3.32. The van der Waals surface area contributed by atoms with Gasteiger partial charge in [0, 0.05) is 25.4 Å². The van der Waals surface area contributed by atoms with Gasteiger partial charge in [-0.25, -0.2) is 13.2 Å². The van der Waals surface area contributed by atoms with Gasteiger partial charge in [-0.2, -0.15) is 0 Å². The first-order valence-electron chi connectivity index (χ1n) is 11.2. The number of carbonyl (C=O) groups is 2. The molecular formula is C27H26N2O5S. The van der Waals surface area contributed by atoms with Gasteiger partial charge in [-0.3, -0.25) is 9.10 Å². The van der Waals surface area contributed by atoms with E-state index in [2.05, 4.69) is 0 Å². The lowest BCUT2D eigenvalue weighted by molar-refractivity contribution is -0.148. The van der Waals surface area contributed by atoms with Crippen molar-refractivity contribution in [3.63, 3.8) is 0 Å². The molecule has 1 atom stereocenters. The predicted octanol–water partition coefficient (Wildman–Crippen LogP) is 4.05. The molecule has 1 heterocycles. The maximum atomic E-state index is 13.1. The summed E-state index contributed by atoms with van der Waals surface area (Å²) in [6.45, 7) is 1.93. The number of anilines is 2. The van der Waals surface area contributed by atoms with E-state index in [1.807, 2.05) is 42.5 Å². The minimum atomic E-state index is -3.68. The molecule has 3 aromatic carbocycles. The second kappa shape index (κ2) is 10.1. The molecule has 7 nitrogen and oxygen atoms in total. The van der Waals surface area contributed by atoms with Gasteiger partial charge in [0.1, 0.15) is 0 Å². The fraction of sp³-hybridized carbons (Fsp3) is 0.185. The minimum absolute atomic E-state index is 0.178. The Balaban J connectivity index is 1.38. The molecular weight excluding hydrogens is 464 g/mol. The number of esters is 1. The number of likely N-dealkylation sites (N-methyl/N-ethyl adjacent to an activating group) is 1. The van der Waals surface area contributed by atoms with Crippen LogP contribution in [0.1, 0.15) is 18.1 Å². The van der Waals surface area contributed by atoms with Gasteiger partial charge in [-0.15, -0.1) is 0 Å². The Morgan fingerprint density at radius 2 is 1.63 bits per heavy atom. The molecule has 0 saturated carbocycles. The predicted molar refractivity (Wildman–Crippen MR) is 136 cm³/mol. The molecule has 0 radical (unpaired) electrons. The van der Waals surface area contributed by atoms with Crippen LogP contribution in [0.4, 0.5) is 11.4 Å². The van der Waals surface area contributed by atoms with Gasteiger partial charge in [0.05, 0.1) is 10.6 Å². The Labute approximate surface area is 205 Å². The Morgan fingerprint density at radius 3 is 2.34 bits per heavy atom. The van der Waals surface area contributed by atoms with Crippen LogP contribution in [0.3, 0.4) is 0 Å². The Kier molecular flexibility index (Phi) is 7.02. The summed E-state index contributed by atoms with van der Waals surface area (Å²) >= 11 is 0. The van der Waals surface area contributed by atoms with E-state index in [9.17, 15) is 18.0 Å². The molecule has 3 aromatic rings. The zero-order chi connectivity index (χ0) is 25.0. The smallest absolute Gasteiger partial charge is 0.331 e. The molecule has 35 heavy (non-hydrogen) atoms. The quantitative estimate of drug-likeness (QED) is 0.369. The number of sulfonamides is 1. The third-order valence-corrected chi connectivity index (χ3v) is 7.67.